The molecule has 0 saturated heterocycles. The Morgan fingerprint density at radius 2 is 1.47 bits per heavy atom. The monoisotopic (exact) mass is 588 g/mol. The molecule has 0 spiro atoms. The van der Waals surface area contributed by atoms with E-state index in [2.05, 4.69) is 17.6 Å². The molecule has 2 amide bonds. The number of ketones is 1. The summed E-state index contributed by atoms with van der Waals surface area (Å²) in [6.45, 7) is 5.62. The summed E-state index contributed by atoms with van der Waals surface area (Å²) in [7, 11) is 1.46. The van der Waals surface area contributed by atoms with Gasteiger partial charge >= 0.3 is 5.97 Å². The number of carbonyl (C=O) groups is 4. The van der Waals surface area contributed by atoms with Gasteiger partial charge in [-0.05, 0) is 86.0 Å². The molecule has 1 atom stereocenters. The van der Waals surface area contributed by atoms with Gasteiger partial charge in [0.2, 0.25) is 5.91 Å². The molecule has 9 nitrogen and oxygen atoms in total. The first-order valence-electron chi connectivity index (χ1n) is 14.5. The molecule has 0 heterocycles. The first-order valence-corrected chi connectivity index (χ1v) is 14.5. The van der Waals surface area contributed by atoms with Crippen LogP contribution in [0.1, 0.15) is 79.2 Å². The number of ether oxygens (including phenoxy) is 3. The van der Waals surface area contributed by atoms with Crippen molar-refractivity contribution in [3.8, 4) is 17.2 Å². The van der Waals surface area contributed by atoms with Crippen LogP contribution in [-0.4, -0.2) is 43.3 Å². The van der Waals surface area contributed by atoms with Crippen LogP contribution in [0, 0.1) is 0 Å². The first kappa shape index (κ1) is 32.8. The number of hydrogen-bond donors (Lipinski definition) is 2. The zero-order valence-corrected chi connectivity index (χ0v) is 25.2. The molecule has 0 aliphatic heterocycles. The van der Waals surface area contributed by atoms with Gasteiger partial charge in [0.05, 0.1) is 25.3 Å². The van der Waals surface area contributed by atoms with Gasteiger partial charge in [-0.25, -0.2) is 4.79 Å². The molecule has 228 valence electrons. The van der Waals surface area contributed by atoms with E-state index in [4.69, 9.17) is 14.2 Å². The standard InChI is InChI=1S/C34H40N2O7/c1-5-6-7-8-9-20-42-29-17-13-27(14-18-29)34(40)43-31-19-10-25(22-32(31)41-4)21-30(23(2)37)36-33(39)26-11-15-28(16-12-26)35-24(3)38/h10-19,22,30H,5-9,20-21H2,1-4H3,(H,35,38)(H,36,39). The van der Waals surface area contributed by atoms with Crippen LogP contribution in [0.4, 0.5) is 5.69 Å². The van der Waals surface area contributed by atoms with Crippen LogP contribution in [0.15, 0.2) is 66.7 Å². The highest BCUT2D eigenvalue weighted by molar-refractivity contribution is 5.98. The number of benzene rings is 3. The van der Waals surface area contributed by atoms with Crippen LogP contribution in [0.5, 0.6) is 17.2 Å². The number of anilines is 1. The molecule has 0 bridgehead atoms. The van der Waals surface area contributed by atoms with Crippen molar-refractivity contribution in [2.24, 2.45) is 0 Å². The Morgan fingerprint density at radius 1 is 0.791 bits per heavy atom. The second kappa shape index (κ2) is 16.7. The highest BCUT2D eigenvalue weighted by Crippen LogP contribution is 2.30. The predicted octanol–water partition coefficient (Wildman–Crippen LogP) is 6.15. The summed E-state index contributed by atoms with van der Waals surface area (Å²) in [5.74, 6) is -0.161. The van der Waals surface area contributed by atoms with Crippen molar-refractivity contribution in [2.75, 3.05) is 19.0 Å². The van der Waals surface area contributed by atoms with Gasteiger partial charge in [-0.15, -0.1) is 0 Å². The fourth-order valence-electron chi connectivity index (χ4n) is 4.35. The van der Waals surface area contributed by atoms with Crippen LogP contribution >= 0.6 is 0 Å². The Morgan fingerprint density at radius 3 is 2.09 bits per heavy atom. The lowest BCUT2D eigenvalue weighted by atomic mass is 10.0. The van der Waals surface area contributed by atoms with E-state index in [1.165, 1.54) is 40.2 Å². The van der Waals surface area contributed by atoms with E-state index in [-0.39, 0.29) is 23.9 Å². The lowest BCUT2D eigenvalue weighted by molar-refractivity contribution is -0.118. The SMILES string of the molecule is CCCCCCCOc1ccc(C(=O)Oc2ccc(CC(NC(=O)c3ccc(NC(C)=O)cc3)C(C)=O)cc2OC)cc1. The van der Waals surface area contributed by atoms with Crippen LogP contribution < -0.4 is 24.8 Å². The van der Waals surface area contributed by atoms with Gasteiger partial charge < -0.3 is 24.8 Å². The van der Waals surface area contributed by atoms with E-state index in [9.17, 15) is 19.2 Å². The maximum absolute atomic E-state index is 12.8. The summed E-state index contributed by atoms with van der Waals surface area (Å²) in [5, 5.41) is 5.40. The zero-order valence-electron chi connectivity index (χ0n) is 25.2. The third kappa shape index (κ3) is 10.6. The Labute approximate surface area is 252 Å². The van der Waals surface area contributed by atoms with Crippen LogP contribution in [-0.2, 0) is 16.0 Å². The lowest BCUT2D eigenvalue weighted by Gasteiger charge is -2.17. The molecule has 0 aromatic heterocycles. The average molecular weight is 589 g/mol. The lowest BCUT2D eigenvalue weighted by Crippen LogP contribution is -2.41. The second-order valence-corrected chi connectivity index (χ2v) is 10.3. The maximum atomic E-state index is 12.8. The van der Waals surface area contributed by atoms with Crippen molar-refractivity contribution in [2.45, 2.75) is 65.3 Å². The van der Waals surface area contributed by atoms with Gasteiger partial charge in [0.15, 0.2) is 17.3 Å². The van der Waals surface area contributed by atoms with Gasteiger partial charge in [0.1, 0.15) is 5.75 Å². The van der Waals surface area contributed by atoms with Crippen LogP contribution in [0.2, 0.25) is 0 Å². The summed E-state index contributed by atoms with van der Waals surface area (Å²) in [6, 6.07) is 17.4. The molecular weight excluding hydrogens is 548 g/mol. The van der Waals surface area contributed by atoms with Gasteiger partial charge in [-0.1, -0.05) is 38.7 Å². The number of carbonyl (C=O) groups excluding carboxylic acids is 4. The number of rotatable bonds is 16. The molecule has 2 N–H and O–H groups in total. The van der Waals surface area contributed by atoms with Crippen molar-refractivity contribution in [1.82, 2.24) is 5.32 Å². The largest absolute Gasteiger partial charge is 0.494 e. The normalized spacial score (nSPS) is 11.3. The topological polar surface area (TPSA) is 120 Å². The predicted molar refractivity (Wildman–Crippen MR) is 165 cm³/mol. The second-order valence-electron chi connectivity index (χ2n) is 10.3. The molecule has 3 aromatic rings. The maximum Gasteiger partial charge on any atom is 0.343 e. The average Bonchev–Trinajstić information content (AvgIpc) is 2.99. The Bertz CT molecular complexity index is 1380. The number of amides is 2. The number of nitrogens with one attached hydrogen (secondary N) is 2. The minimum Gasteiger partial charge on any atom is -0.494 e. The highest BCUT2D eigenvalue weighted by atomic mass is 16.6. The molecule has 3 aromatic carbocycles. The number of esters is 1. The summed E-state index contributed by atoms with van der Waals surface area (Å²) >= 11 is 0. The zero-order chi connectivity index (χ0) is 31.2. The molecule has 9 heteroatoms. The van der Waals surface area contributed by atoms with E-state index in [1.807, 2.05) is 0 Å². The van der Waals surface area contributed by atoms with Gasteiger partial charge in [0.25, 0.3) is 5.91 Å². The van der Waals surface area contributed by atoms with Crippen LogP contribution in [0.3, 0.4) is 0 Å². The van der Waals surface area contributed by atoms with Crippen LogP contribution in [0.25, 0.3) is 0 Å². The Kier molecular flexibility index (Phi) is 12.8. The molecule has 43 heavy (non-hydrogen) atoms. The minimum atomic E-state index is -0.794. The fraction of sp³-hybridized carbons (Fsp3) is 0.353. The van der Waals surface area contributed by atoms with Crippen molar-refractivity contribution >= 4 is 29.3 Å². The van der Waals surface area contributed by atoms with E-state index < -0.39 is 17.9 Å². The Balaban J connectivity index is 1.59. The number of hydrogen-bond acceptors (Lipinski definition) is 7. The quantitative estimate of drug-likeness (QED) is 0.117. The molecule has 0 aliphatic carbocycles. The summed E-state index contributed by atoms with van der Waals surface area (Å²) in [5.41, 5.74) is 1.98. The molecule has 0 aliphatic rings. The number of Topliss-reactive ketones (excluding diaryl/α,β-unsaturated/α-hetero) is 1. The highest BCUT2D eigenvalue weighted by Gasteiger charge is 2.20. The number of methoxy groups -OCH3 is 1. The molecular formula is C34H40N2O7. The summed E-state index contributed by atoms with van der Waals surface area (Å²) < 4.78 is 16.8. The smallest absolute Gasteiger partial charge is 0.343 e. The molecule has 3 rings (SSSR count). The minimum absolute atomic E-state index is 0.204. The molecule has 0 radical (unpaired) electrons. The van der Waals surface area contributed by atoms with Gasteiger partial charge in [0, 0.05) is 18.2 Å². The van der Waals surface area contributed by atoms with E-state index >= 15 is 0 Å². The van der Waals surface area contributed by atoms with Crippen molar-refractivity contribution in [3.63, 3.8) is 0 Å². The van der Waals surface area contributed by atoms with Gasteiger partial charge in [-0.3, -0.25) is 14.4 Å². The molecule has 0 fully saturated rings. The van der Waals surface area contributed by atoms with Gasteiger partial charge in [-0.2, -0.15) is 0 Å². The molecule has 1 unspecified atom stereocenters. The fourth-order valence-corrected chi connectivity index (χ4v) is 4.35. The third-order valence-electron chi connectivity index (χ3n) is 6.74. The van der Waals surface area contributed by atoms with Crippen molar-refractivity contribution in [3.05, 3.63) is 83.4 Å². The van der Waals surface area contributed by atoms with E-state index in [0.717, 1.165) is 12.8 Å². The third-order valence-corrected chi connectivity index (χ3v) is 6.74. The Hall–Kier alpha value is -4.66. The van der Waals surface area contributed by atoms with Crippen molar-refractivity contribution in [1.29, 1.82) is 0 Å². The van der Waals surface area contributed by atoms with E-state index in [1.54, 1.807) is 66.7 Å². The first-order chi connectivity index (χ1) is 20.7. The summed E-state index contributed by atoms with van der Waals surface area (Å²) in [6.07, 6.45) is 5.99. The summed E-state index contributed by atoms with van der Waals surface area (Å²) in [4.78, 5) is 49.2. The van der Waals surface area contributed by atoms with E-state index in [0.29, 0.717) is 40.5 Å². The number of unbranched alkanes of at least 4 members (excludes halogenated alkanes) is 4. The van der Waals surface area contributed by atoms with Crippen molar-refractivity contribution < 1.29 is 33.4 Å². The molecule has 0 saturated carbocycles.